The molecule has 11 nitrogen and oxygen atoms in total. The van der Waals surface area contributed by atoms with Crippen LogP contribution in [0, 0.1) is 11.7 Å². The topological polar surface area (TPSA) is 154 Å². The SMILES string of the molecule is CCCCC(=O)Nc1ccc(C(=O)N(CCN2CCC(C(=O)c3ccc(F)cc3)CC2)c2cccc(OC)c2)cc1.O=C(O)/C=C/C(=O)O. The van der Waals surface area contributed by atoms with Gasteiger partial charge in [-0.3, -0.25) is 14.4 Å². The predicted molar refractivity (Wildman–Crippen MR) is 184 cm³/mol. The third kappa shape index (κ3) is 12.6. The van der Waals surface area contributed by atoms with E-state index in [0.717, 1.165) is 44.5 Å². The van der Waals surface area contributed by atoms with Crippen LogP contribution >= 0.6 is 0 Å². The van der Waals surface area contributed by atoms with E-state index in [-0.39, 0.29) is 29.3 Å². The largest absolute Gasteiger partial charge is 0.497 e. The fraction of sp³-hybridized carbons (Fsp3) is 0.324. The van der Waals surface area contributed by atoms with Crippen molar-refractivity contribution in [1.82, 2.24) is 4.90 Å². The molecule has 0 radical (unpaired) electrons. The first-order valence-corrected chi connectivity index (χ1v) is 16.0. The number of anilines is 2. The number of carboxylic acids is 2. The number of carboxylic acid groups (broad SMARTS) is 2. The Morgan fingerprint density at radius 3 is 2.10 bits per heavy atom. The Bertz CT molecular complexity index is 1580. The molecule has 0 saturated carbocycles. The molecule has 12 heteroatoms. The van der Waals surface area contributed by atoms with Crippen LogP contribution in [0.15, 0.2) is 84.9 Å². The molecule has 1 aliphatic rings. The number of amides is 2. The monoisotopic (exact) mass is 675 g/mol. The van der Waals surface area contributed by atoms with E-state index in [0.29, 0.717) is 54.2 Å². The van der Waals surface area contributed by atoms with Gasteiger partial charge in [-0.1, -0.05) is 19.4 Å². The number of rotatable bonds is 14. The predicted octanol–water partition coefficient (Wildman–Crippen LogP) is 5.92. The van der Waals surface area contributed by atoms with E-state index in [1.807, 2.05) is 31.2 Å². The molecule has 0 atom stereocenters. The van der Waals surface area contributed by atoms with Crippen molar-refractivity contribution in [1.29, 1.82) is 0 Å². The van der Waals surface area contributed by atoms with Gasteiger partial charge in [0.05, 0.1) is 7.11 Å². The average molecular weight is 676 g/mol. The number of nitrogens with one attached hydrogen (secondary N) is 1. The van der Waals surface area contributed by atoms with Gasteiger partial charge < -0.3 is 30.1 Å². The van der Waals surface area contributed by atoms with Gasteiger partial charge in [-0.2, -0.15) is 0 Å². The van der Waals surface area contributed by atoms with Crippen molar-refractivity contribution in [2.45, 2.75) is 39.0 Å². The fourth-order valence-corrected chi connectivity index (χ4v) is 5.19. The molecule has 2 amide bonds. The summed E-state index contributed by atoms with van der Waals surface area (Å²) in [6, 6.07) is 20.1. The maximum atomic E-state index is 13.7. The Labute approximate surface area is 285 Å². The summed E-state index contributed by atoms with van der Waals surface area (Å²) in [6.07, 6.45) is 4.81. The first kappa shape index (κ1) is 38.1. The number of likely N-dealkylation sites (tertiary alicyclic amines) is 1. The molecule has 260 valence electrons. The van der Waals surface area contributed by atoms with Crippen LogP contribution in [0.2, 0.25) is 0 Å². The Kier molecular flexibility index (Phi) is 15.1. The smallest absolute Gasteiger partial charge is 0.328 e. The molecule has 49 heavy (non-hydrogen) atoms. The molecule has 3 aromatic rings. The van der Waals surface area contributed by atoms with Gasteiger partial charge in [0.2, 0.25) is 5.91 Å². The minimum Gasteiger partial charge on any atom is -0.497 e. The average Bonchev–Trinajstić information content (AvgIpc) is 3.11. The molecule has 0 aromatic heterocycles. The summed E-state index contributed by atoms with van der Waals surface area (Å²) >= 11 is 0. The van der Waals surface area contributed by atoms with Crippen LogP contribution in [0.5, 0.6) is 5.75 Å². The molecule has 1 saturated heterocycles. The van der Waals surface area contributed by atoms with Crippen LogP contribution in [0.25, 0.3) is 0 Å². The molecule has 1 fully saturated rings. The van der Waals surface area contributed by atoms with Crippen molar-refractivity contribution >= 4 is 40.9 Å². The van der Waals surface area contributed by atoms with E-state index in [9.17, 15) is 28.4 Å². The van der Waals surface area contributed by atoms with Crippen molar-refractivity contribution in [3.05, 3.63) is 102 Å². The first-order chi connectivity index (χ1) is 23.5. The summed E-state index contributed by atoms with van der Waals surface area (Å²) in [7, 11) is 1.59. The molecular formula is C37H42FN3O8. The second-order valence-corrected chi connectivity index (χ2v) is 11.4. The number of halogens is 1. The Hall–Kier alpha value is -5.36. The highest BCUT2D eigenvalue weighted by molar-refractivity contribution is 6.06. The number of nitrogens with zero attached hydrogens (tertiary/aromatic N) is 2. The van der Waals surface area contributed by atoms with Gasteiger partial charge >= 0.3 is 11.9 Å². The van der Waals surface area contributed by atoms with Crippen LogP contribution in [0.3, 0.4) is 0 Å². The van der Waals surface area contributed by atoms with Crippen LogP contribution in [-0.4, -0.2) is 77.9 Å². The quantitative estimate of drug-likeness (QED) is 0.140. The molecule has 0 aliphatic carbocycles. The number of benzene rings is 3. The van der Waals surface area contributed by atoms with Crippen molar-refractivity contribution in [2.24, 2.45) is 5.92 Å². The lowest BCUT2D eigenvalue weighted by Gasteiger charge is -2.33. The number of ether oxygens (including phenoxy) is 1. The van der Waals surface area contributed by atoms with Gasteiger partial charge in [-0.25, -0.2) is 14.0 Å². The van der Waals surface area contributed by atoms with Crippen LogP contribution in [0.4, 0.5) is 15.8 Å². The third-order valence-corrected chi connectivity index (χ3v) is 7.88. The van der Waals surface area contributed by atoms with E-state index >= 15 is 0 Å². The molecule has 1 aliphatic heterocycles. The Balaban J connectivity index is 0.000000723. The Morgan fingerprint density at radius 2 is 1.53 bits per heavy atom. The summed E-state index contributed by atoms with van der Waals surface area (Å²) in [5, 5.41) is 18.5. The van der Waals surface area contributed by atoms with E-state index in [2.05, 4.69) is 10.2 Å². The van der Waals surface area contributed by atoms with Gasteiger partial charge in [0, 0.05) is 66.1 Å². The molecule has 3 aromatic carbocycles. The number of unbranched alkanes of at least 4 members (excludes halogenated alkanes) is 1. The number of piperidine rings is 1. The summed E-state index contributed by atoms with van der Waals surface area (Å²) in [6.45, 7) is 4.62. The zero-order chi connectivity index (χ0) is 35.8. The molecule has 3 N–H and O–H groups in total. The maximum Gasteiger partial charge on any atom is 0.328 e. The summed E-state index contributed by atoms with van der Waals surface area (Å²) in [5.74, 6) is -2.42. The highest BCUT2D eigenvalue weighted by Gasteiger charge is 2.27. The van der Waals surface area contributed by atoms with Crippen LogP contribution in [-0.2, 0) is 14.4 Å². The van der Waals surface area contributed by atoms with Crippen molar-refractivity contribution in [3.8, 4) is 5.75 Å². The summed E-state index contributed by atoms with van der Waals surface area (Å²) in [4.78, 5) is 61.8. The lowest BCUT2D eigenvalue weighted by Crippen LogP contribution is -2.42. The number of Topliss-reactive ketones (excluding diaryl/α,β-unsaturated/α-hetero) is 1. The van der Waals surface area contributed by atoms with Gasteiger partial charge in [-0.15, -0.1) is 0 Å². The van der Waals surface area contributed by atoms with Gasteiger partial charge in [0.1, 0.15) is 11.6 Å². The first-order valence-electron chi connectivity index (χ1n) is 16.0. The van der Waals surface area contributed by atoms with Crippen LogP contribution < -0.4 is 15.0 Å². The number of ketones is 1. The lowest BCUT2D eigenvalue weighted by molar-refractivity contribution is -0.134. The zero-order valence-corrected chi connectivity index (χ0v) is 27.6. The second kappa shape index (κ2) is 19.5. The van der Waals surface area contributed by atoms with E-state index in [1.165, 1.54) is 12.1 Å². The van der Waals surface area contributed by atoms with Gasteiger partial charge in [-0.05, 0) is 93.0 Å². The third-order valence-electron chi connectivity index (χ3n) is 7.88. The minimum absolute atomic E-state index is 0.0351. The normalized spacial score (nSPS) is 13.2. The van der Waals surface area contributed by atoms with E-state index in [1.54, 1.807) is 48.4 Å². The standard InChI is InChI=1S/C33H38FN3O4.C4H4O4/c1-3-4-8-31(38)35-28-15-11-26(12-16-28)33(40)37(29-6-5-7-30(23-29)41-2)22-21-36-19-17-25(18-20-36)32(39)24-9-13-27(34)14-10-24;5-3(6)1-2-4(7)8/h5-7,9-16,23,25H,3-4,8,17-22H2,1-2H3,(H,35,38);1-2H,(H,5,6)(H,7,8)/b;2-1+. The van der Waals surface area contributed by atoms with Crippen LogP contribution in [0.1, 0.15) is 59.7 Å². The van der Waals surface area contributed by atoms with Crippen molar-refractivity contribution < 1.29 is 43.3 Å². The molecular weight excluding hydrogens is 633 g/mol. The molecule has 1 heterocycles. The molecule has 0 spiro atoms. The second-order valence-electron chi connectivity index (χ2n) is 11.4. The molecule has 4 rings (SSSR count). The van der Waals surface area contributed by atoms with E-state index in [4.69, 9.17) is 14.9 Å². The zero-order valence-electron chi connectivity index (χ0n) is 27.6. The summed E-state index contributed by atoms with van der Waals surface area (Å²) in [5.41, 5.74) is 2.45. The highest BCUT2D eigenvalue weighted by Crippen LogP contribution is 2.25. The number of carbonyl (C=O) groups is 5. The Morgan fingerprint density at radius 1 is 0.918 bits per heavy atom. The van der Waals surface area contributed by atoms with Gasteiger partial charge in [0.25, 0.3) is 5.91 Å². The van der Waals surface area contributed by atoms with Crippen molar-refractivity contribution in [2.75, 3.05) is 43.5 Å². The highest BCUT2D eigenvalue weighted by atomic mass is 19.1. The number of methoxy groups -OCH3 is 1. The van der Waals surface area contributed by atoms with Gasteiger partial charge in [0.15, 0.2) is 5.78 Å². The fourth-order valence-electron chi connectivity index (χ4n) is 5.19. The maximum absolute atomic E-state index is 13.7. The summed E-state index contributed by atoms with van der Waals surface area (Å²) < 4.78 is 18.7. The van der Waals surface area contributed by atoms with E-state index < -0.39 is 11.9 Å². The molecule has 0 bridgehead atoms. The number of hydrogen-bond donors (Lipinski definition) is 3. The lowest BCUT2D eigenvalue weighted by atomic mass is 9.89. The number of aliphatic carboxylic acids is 2. The minimum atomic E-state index is -1.26. The molecule has 0 unspecified atom stereocenters. The number of carbonyl (C=O) groups excluding carboxylic acids is 3. The number of hydrogen-bond acceptors (Lipinski definition) is 7. The van der Waals surface area contributed by atoms with Crippen molar-refractivity contribution in [3.63, 3.8) is 0 Å².